The van der Waals surface area contributed by atoms with E-state index in [4.69, 9.17) is 4.42 Å². The first-order chi connectivity index (χ1) is 12.2. The van der Waals surface area contributed by atoms with Gasteiger partial charge in [-0.15, -0.1) is 0 Å². The number of hydrogen-bond acceptors (Lipinski definition) is 5. The molecule has 1 atom stereocenters. The zero-order valence-corrected chi connectivity index (χ0v) is 14.4. The van der Waals surface area contributed by atoms with E-state index in [1.807, 2.05) is 36.0 Å². The summed E-state index contributed by atoms with van der Waals surface area (Å²) in [6.07, 6.45) is 4.72. The zero-order chi connectivity index (χ0) is 17.2. The Bertz CT molecular complexity index is 821. The molecule has 1 aliphatic rings. The van der Waals surface area contributed by atoms with Gasteiger partial charge in [-0.25, -0.2) is 0 Å². The summed E-state index contributed by atoms with van der Waals surface area (Å²) in [4.78, 5) is 2.43. The molecule has 1 N–H and O–H groups in total. The van der Waals surface area contributed by atoms with Crippen molar-refractivity contribution in [3.8, 4) is 0 Å². The molecule has 0 aliphatic carbocycles. The van der Waals surface area contributed by atoms with Crippen molar-refractivity contribution in [2.75, 3.05) is 13.1 Å². The third-order valence-corrected chi connectivity index (χ3v) is 4.79. The number of fused-ring (bicyclic) bond motifs is 1. The molecule has 0 bridgehead atoms. The average molecular weight is 341 g/mol. The topological polar surface area (TPSA) is 72.2 Å². The Kier molecular flexibility index (Phi) is 4.42. The van der Waals surface area contributed by atoms with Gasteiger partial charge in [-0.1, -0.05) is 0 Å². The van der Waals surface area contributed by atoms with Gasteiger partial charge in [0.25, 0.3) is 0 Å². The summed E-state index contributed by atoms with van der Waals surface area (Å²) >= 11 is 0. The number of rotatable bonds is 6. The molecule has 4 rings (SSSR count). The monoisotopic (exact) mass is 341 g/mol. The molecule has 132 valence electrons. The lowest BCUT2D eigenvalue weighted by molar-refractivity contribution is 0.198. The van der Waals surface area contributed by atoms with Gasteiger partial charge in [0.1, 0.15) is 11.9 Å². The highest BCUT2D eigenvalue weighted by atomic mass is 16.3. The summed E-state index contributed by atoms with van der Waals surface area (Å²) in [6.45, 7) is 3.73. The van der Waals surface area contributed by atoms with Gasteiger partial charge < -0.3 is 9.52 Å². The Morgan fingerprint density at radius 2 is 2.24 bits per heavy atom. The Balaban J connectivity index is 1.38. The van der Waals surface area contributed by atoms with Crippen molar-refractivity contribution < 1.29 is 9.52 Å². The van der Waals surface area contributed by atoms with Gasteiger partial charge in [0.2, 0.25) is 0 Å². The maximum Gasteiger partial charge on any atom is 0.139 e. The molecule has 7 heteroatoms. The van der Waals surface area contributed by atoms with Crippen molar-refractivity contribution in [2.24, 2.45) is 7.05 Å². The lowest BCUT2D eigenvalue weighted by Crippen LogP contribution is -2.34. The summed E-state index contributed by atoms with van der Waals surface area (Å²) in [7, 11) is 1.83. The molecular formula is C18H23N5O2. The van der Waals surface area contributed by atoms with Crippen molar-refractivity contribution in [3.63, 3.8) is 0 Å². The van der Waals surface area contributed by atoms with Gasteiger partial charge >= 0.3 is 0 Å². The summed E-state index contributed by atoms with van der Waals surface area (Å²) in [6, 6.07) is 7.79. The first kappa shape index (κ1) is 16.1. The van der Waals surface area contributed by atoms with Crippen LogP contribution in [0.1, 0.15) is 35.4 Å². The van der Waals surface area contributed by atoms with E-state index >= 15 is 0 Å². The molecule has 4 heterocycles. The van der Waals surface area contributed by atoms with Gasteiger partial charge in [0, 0.05) is 32.8 Å². The van der Waals surface area contributed by atoms with Crippen molar-refractivity contribution in [1.82, 2.24) is 24.5 Å². The van der Waals surface area contributed by atoms with Gasteiger partial charge in [-0.2, -0.15) is 10.2 Å². The smallest absolute Gasteiger partial charge is 0.139 e. The van der Waals surface area contributed by atoms with Gasteiger partial charge in [-0.3, -0.25) is 14.3 Å². The van der Waals surface area contributed by atoms with Crippen molar-refractivity contribution in [3.05, 3.63) is 59.6 Å². The normalized spacial score (nSPS) is 16.1. The van der Waals surface area contributed by atoms with Crippen LogP contribution in [0, 0.1) is 0 Å². The summed E-state index contributed by atoms with van der Waals surface area (Å²) in [5.41, 5.74) is 2.60. The summed E-state index contributed by atoms with van der Waals surface area (Å²) in [5, 5.41) is 19.3. The predicted octanol–water partition coefficient (Wildman–Crippen LogP) is 1.74. The van der Waals surface area contributed by atoms with E-state index in [1.54, 1.807) is 17.1 Å². The third kappa shape index (κ3) is 3.38. The number of hydrogen-bond donors (Lipinski definition) is 1. The van der Waals surface area contributed by atoms with E-state index < -0.39 is 6.10 Å². The van der Waals surface area contributed by atoms with Crippen molar-refractivity contribution in [2.45, 2.75) is 32.0 Å². The fraction of sp³-hybridized carbons (Fsp3) is 0.444. The summed E-state index contributed by atoms with van der Waals surface area (Å²) < 4.78 is 9.08. The highest BCUT2D eigenvalue weighted by Gasteiger charge is 2.23. The second kappa shape index (κ2) is 6.85. The fourth-order valence-electron chi connectivity index (χ4n) is 3.40. The van der Waals surface area contributed by atoms with E-state index in [0.717, 1.165) is 56.2 Å². The average Bonchev–Trinajstić information content (AvgIpc) is 3.34. The van der Waals surface area contributed by atoms with E-state index in [1.165, 1.54) is 0 Å². The number of nitrogens with zero attached hydrogens (tertiary/aromatic N) is 5. The lowest BCUT2D eigenvalue weighted by Gasteiger charge is -2.27. The number of aromatic nitrogens is 4. The number of furan rings is 1. The quantitative estimate of drug-likeness (QED) is 0.739. The Morgan fingerprint density at radius 3 is 3.00 bits per heavy atom. The molecule has 0 saturated carbocycles. The molecule has 3 aromatic rings. The number of aliphatic hydroxyl groups excluding tert-OH is 1. The molecule has 0 unspecified atom stereocenters. The first-order valence-electron chi connectivity index (χ1n) is 8.68. The van der Waals surface area contributed by atoms with Crippen LogP contribution in [0.2, 0.25) is 0 Å². The van der Waals surface area contributed by atoms with Crippen LogP contribution in [0.4, 0.5) is 0 Å². The molecule has 7 nitrogen and oxygen atoms in total. The fourth-order valence-corrected chi connectivity index (χ4v) is 3.40. The second-order valence-corrected chi connectivity index (χ2v) is 6.52. The highest BCUT2D eigenvalue weighted by Crippen LogP contribution is 2.23. The van der Waals surface area contributed by atoms with Crippen LogP contribution in [0.25, 0.3) is 0 Å². The van der Waals surface area contributed by atoms with Crippen LogP contribution in [0.3, 0.4) is 0 Å². The molecule has 0 aromatic carbocycles. The molecule has 0 amide bonds. The maximum atomic E-state index is 10.6. The second-order valence-electron chi connectivity index (χ2n) is 6.52. The molecule has 25 heavy (non-hydrogen) atoms. The molecule has 3 aromatic heterocycles. The standard InChI is InChI=1S/C18H23N5O2/c1-21-17(6-7-19-21)18(24)16-12-14-13-22(9-10-23(14)20-16)8-2-4-15-5-3-11-25-15/h3,5-7,11-12,18,24H,2,4,8-10,13H2,1H3/t18-/m0/s1. The SMILES string of the molecule is Cn1nccc1[C@@H](O)c1cc2n(n1)CCN(CCCc1ccco1)C2. The molecule has 0 spiro atoms. The Hall–Kier alpha value is -2.38. The van der Waals surface area contributed by atoms with Gasteiger partial charge in [0.05, 0.1) is 29.9 Å². The van der Waals surface area contributed by atoms with Crippen LogP contribution in [-0.4, -0.2) is 42.7 Å². The van der Waals surface area contributed by atoms with Gasteiger partial charge in [0.15, 0.2) is 0 Å². The predicted molar refractivity (Wildman–Crippen MR) is 91.8 cm³/mol. The van der Waals surface area contributed by atoms with Crippen LogP contribution >= 0.6 is 0 Å². The van der Waals surface area contributed by atoms with E-state index in [0.29, 0.717) is 5.69 Å². The lowest BCUT2D eigenvalue weighted by atomic mass is 10.1. The molecule has 0 saturated heterocycles. The van der Waals surface area contributed by atoms with Gasteiger partial charge in [-0.05, 0) is 37.2 Å². The maximum absolute atomic E-state index is 10.6. The summed E-state index contributed by atoms with van der Waals surface area (Å²) in [5.74, 6) is 1.05. The Labute approximate surface area is 146 Å². The van der Waals surface area contributed by atoms with E-state index in [2.05, 4.69) is 15.1 Å². The largest absolute Gasteiger partial charge is 0.469 e. The third-order valence-electron chi connectivity index (χ3n) is 4.79. The molecular weight excluding hydrogens is 318 g/mol. The van der Waals surface area contributed by atoms with Crippen LogP contribution in [0.5, 0.6) is 0 Å². The van der Waals surface area contributed by atoms with Crippen molar-refractivity contribution in [1.29, 1.82) is 0 Å². The highest BCUT2D eigenvalue weighted by molar-refractivity contribution is 5.22. The number of aliphatic hydroxyl groups is 1. The zero-order valence-electron chi connectivity index (χ0n) is 14.4. The van der Waals surface area contributed by atoms with Crippen LogP contribution in [0.15, 0.2) is 41.1 Å². The van der Waals surface area contributed by atoms with Crippen LogP contribution < -0.4 is 0 Å². The molecule has 1 aliphatic heterocycles. The van der Waals surface area contributed by atoms with Crippen molar-refractivity contribution >= 4 is 0 Å². The molecule has 0 radical (unpaired) electrons. The number of aryl methyl sites for hydroxylation is 2. The van der Waals surface area contributed by atoms with E-state index in [9.17, 15) is 5.11 Å². The minimum absolute atomic E-state index is 0.691. The van der Waals surface area contributed by atoms with E-state index in [-0.39, 0.29) is 0 Å². The van der Waals surface area contributed by atoms with Crippen LogP contribution in [-0.2, 0) is 26.6 Å². The first-order valence-corrected chi connectivity index (χ1v) is 8.68. The Morgan fingerprint density at radius 1 is 1.32 bits per heavy atom. The minimum Gasteiger partial charge on any atom is -0.469 e. The molecule has 0 fully saturated rings. The minimum atomic E-state index is -0.738.